The number of hydrogen-bond acceptors (Lipinski definition) is 1. The van der Waals surface area contributed by atoms with E-state index in [1.165, 1.54) is 64.2 Å². The minimum Gasteiger partial charge on any atom is -1.00 e. The van der Waals surface area contributed by atoms with Crippen LogP contribution in [0.25, 0.3) is 0 Å². The largest absolute Gasteiger partial charge is 1.00 e. The van der Waals surface area contributed by atoms with Gasteiger partial charge in [-0.1, -0.05) is 52.4 Å². The summed E-state index contributed by atoms with van der Waals surface area (Å²) in [6.07, 6.45) is 13.3. The SMILES string of the molecule is CCCCCCC[N+](C)(CO)CCCCCCC.[I-]. The summed E-state index contributed by atoms with van der Waals surface area (Å²) in [5.74, 6) is 0. The van der Waals surface area contributed by atoms with Crippen LogP contribution in [-0.4, -0.2) is 36.5 Å². The van der Waals surface area contributed by atoms with Gasteiger partial charge in [0.25, 0.3) is 0 Å². The molecule has 0 bridgehead atoms. The summed E-state index contributed by atoms with van der Waals surface area (Å²) in [6, 6.07) is 0. The predicted octanol–water partition coefficient (Wildman–Crippen LogP) is 1.33. The molecule has 0 atom stereocenters. The molecule has 0 aliphatic rings. The average Bonchev–Trinajstić information content (AvgIpc) is 2.38. The first-order chi connectivity index (χ1) is 8.68. The molecule has 0 heterocycles. The van der Waals surface area contributed by atoms with Gasteiger partial charge in [0.2, 0.25) is 0 Å². The molecular weight excluding hydrogens is 349 g/mol. The Morgan fingerprint density at radius 3 is 1.37 bits per heavy atom. The summed E-state index contributed by atoms with van der Waals surface area (Å²) < 4.78 is 0.859. The maximum Gasteiger partial charge on any atom is 0.180 e. The van der Waals surface area contributed by atoms with E-state index >= 15 is 0 Å². The van der Waals surface area contributed by atoms with Gasteiger partial charge in [0.1, 0.15) is 0 Å². The first-order valence-corrected chi connectivity index (χ1v) is 8.13. The lowest BCUT2D eigenvalue weighted by Gasteiger charge is -2.32. The van der Waals surface area contributed by atoms with E-state index in [1.54, 1.807) is 0 Å². The van der Waals surface area contributed by atoms with Crippen molar-refractivity contribution in [2.75, 3.05) is 26.9 Å². The van der Waals surface area contributed by atoms with Crippen LogP contribution < -0.4 is 24.0 Å². The van der Waals surface area contributed by atoms with Gasteiger partial charge < -0.3 is 33.6 Å². The van der Waals surface area contributed by atoms with E-state index in [4.69, 9.17) is 0 Å². The Bertz CT molecular complexity index is 162. The molecule has 0 amide bonds. The molecule has 0 saturated heterocycles. The molecule has 118 valence electrons. The second-order valence-corrected chi connectivity index (χ2v) is 6.04. The fourth-order valence-corrected chi connectivity index (χ4v) is 2.45. The van der Waals surface area contributed by atoms with E-state index in [0.29, 0.717) is 6.73 Å². The fraction of sp³-hybridized carbons (Fsp3) is 1.00. The van der Waals surface area contributed by atoms with Gasteiger partial charge in [-0.15, -0.1) is 0 Å². The van der Waals surface area contributed by atoms with Crippen molar-refractivity contribution in [3.63, 3.8) is 0 Å². The number of quaternary nitrogens is 1. The van der Waals surface area contributed by atoms with Crippen molar-refractivity contribution in [3.8, 4) is 0 Å². The average molecular weight is 385 g/mol. The highest BCUT2D eigenvalue weighted by Crippen LogP contribution is 2.11. The van der Waals surface area contributed by atoms with Gasteiger partial charge in [-0.2, -0.15) is 0 Å². The first-order valence-electron chi connectivity index (χ1n) is 8.13. The standard InChI is InChI=1S/C16H36NO.HI/c1-4-6-8-10-12-14-17(3,16-18)15-13-11-9-7-5-2;/h18H,4-16H2,1-3H3;1H/q+1;/p-1. The lowest BCUT2D eigenvalue weighted by Crippen LogP contribution is -3.00. The molecule has 3 heteroatoms. The van der Waals surface area contributed by atoms with Crippen molar-refractivity contribution in [1.29, 1.82) is 0 Å². The van der Waals surface area contributed by atoms with Crippen LogP contribution in [0, 0.1) is 0 Å². The molecule has 0 radical (unpaired) electrons. The quantitative estimate of drug-likeness (QED) is 0.220. The molecule has 2 nitrogen and oxygen atoms in total. The molecular formula is C16H36INO. The zero-order chi connectivity index (χ0) is 13.7. The van der Waals surface area contributed by atoms with Crippen molar-refractivity contribution in [2.24, 2.45) is 0 Å². The van der Waals surface area contributed by atoms with Crippen LogP contribution in [0.5, 0.6) is 0 Å². The summed E-state index contributed by atoms with van der Waals surface area (Å²) in [7, 11) is 2.21. The Kier molecular flexibility index (Phi) is 17.4. The van der Waals surface area contributed by atoms with Crippen LogP contribution in [0.3, 0.4) is 0 Å². The lowest BCUT2D eigenvalue weighted by molar-refractivity contribution is -0.927. The maximum atomic E-state index is 9.56. The predicted molar refractivity (Wildman–Crippen MR) is 80.5 cm³/mol. The van der Waals surface area contributed by atoms with Gasteiger partial charge in [-0.05, 0) is 25.7 Å². The highest BCUT2D eigenvalue weighted by molar-refractivity contribution is 4.46. The van der Waals surface area contributed by atoms with Gasteiger partial charge in [0.15, 0.2) is 6.73 Å². The van der Waals surface area contributed by atoms with Gasteiger partial charge in [0.05, 0.1) is 20.1 Å². The van der Waals surface area contributed by atoms with E-state index < -0.39 is 0 Å². The Labute approximate surface area is 138 Å². The molecule has 19 heavy (non-hydrogen) atoms. The zero-order valence-electron chi connectivity index (χ0n) is 13.5. The van der Waals surface area contributed by atoms with Gasteiger partial charge in [-0.25, -0.2) is 0 Å². The maximum absolute atomic E-state index is 9.56. The third-order valence-electron chi connectivity index (χ3n) is 3.94. The highest BCUT2D eigenvalue weighted by atomic mass is 127. The van der Waals surface area contributed by atoms with E-state index in [0.717, 1.165) is 17.6 Å². The summed E-state index contributed by atoms with van der Waals surface area (Å²) in [4.78, 5) is 0. The second-order valence-electron chi connectivity index (χ2n) is 6.04. The third kappa shape index (κ3) is 13.4. The van der Waals surface area contributed by atoms with Crippen molar-refractivity contribution >= 4 is 0 Å². The molecule has 0 aliphatic carbocycles. The fourth-order valence-electron chi connectivity index (χ4n) is 2.45. The first kappa shape index (κ1) is 21.9. The van der Waals surface area contributed by atoms with Crippen molar-refractivity contribution in [3.05, 3.63) is 0 Å². The topological polar surface area (TPSA) is 20.2 Å². The summed E-state index contributed by atoms with van der Waals surface area (Å²) in [6.45, 7) is 7.11. The van der Waals surface area contributed by atoms with Crippen molar-refractivity contribution in [1.82, 2.24) is 0 Å². The van der Waals surface area contributed by atoms with Crippen LogP contribution in [0.15, 0.2) is 0 Å². The van der Waals surface area contributed by atoms with Gasteiger partial charge in [0, 0.05) is 0 Å². The Morgan fingerprint density at radius 2 is 1.05 bits per heavy atom. The monoisotopic (exact) mass is 385 g/mol. The normalized spacial score (nSPS) is 11.4. The molecule has 0 aliphatic heterocycles. The summed E-state index contributed by atoms with van der Waals surface area (Å²) in [5.41, 5.74) is 0. The third-order valence-corrected chi connectivity index (χ3v) is 3.94. The van der Waals surface area contributed by atoms with Crippen LogP contribution in [0.2, 0.25) is 0 Å². The number of aliphatic hydroxyl groups is 1. The van der Waals surface area contributed by atoms with Crippen molar-refractivity contribution in [2.45, 2.75) is 78.1 Å². The molecule has 0 saturated carbocycles. The molecule has 0 aromatic heterocycles. The smallest absolute Gasteiger partial charge is 0.180 e. The van der Waals surface area contributed by atoms with Crippen molar-refractivity contribution < 1.29 is 33.6 Å². The summed E-state index contributed by atoms with van der Waals surface area (Å²) >= 11 is 0. The Morgan fingerprint density at radius 1 is 0.684 bits per heavy atom. The molecule has 0 aromatic rings. The Hall–Kier alpha value is 0.650. The van der Waals surface area contributed by atoms with Crippen LogP contribution >= 0.6 is 0 Å². The minimum absolute atomic E-state index is 0. The van der Waals surface area contributed by atoms with E-state index in [-0.39, 0.29) is 24.0 Å². The number of rotatable bonds is 13. The molecule has 1 N–H and O–H groups in total. The van der Waals surface area contributed by atoms with E-state index in [9.17, 15) is 5.11 Å². The number of hydrogen-bond donors (Lipinski definition) is 1. The lowest BCUT2D eigenvalue weighted by atomic mass is 10.1. The highest BCUT2D eigenvalue weighted by Gasteiger charge is 2.18. The Balaban J connectivity index is 0. The number of aliphatic hydroxyl groups excluding tert-OH is 1. The minimum atomic E-state index is 0. The van der Waals surface area contributed by atoms with Crippen LogP contribution in [-0.2, 0) is 0 Å². The zero-order valence-corrected chi connectivity index (χ0v) is 15.6. The van der Waals surface area contributed by atoms with Gasteiger partial charge in [-0.3, -0.25) is 0 Å². The number of unbranched alkanes of at least 4 members (excludes halogenated alkanes) is 8. The molecule has 0 unspecified atom stereocenters. The molecule has 0 rings (SSSR count). The molecule has 0 aromatic carbocycles. The molecule has 0 fully saturated rings. The van der Waals surface area contributed by atoms with E-state index in [1.807, 2.05) is 0 Å². The number of halogens is 1. The van der Waals surface area contributed by atoms with Crippen LogP contribution in [0.4, 0.5) is 0 Å². The number of nitrogens with zero attached hydrogens (tertiary/aromatic N) is 1. The van der Waals surface area contributed by atoms with E-state index in [2.05, 4.69) is 20.9 Å². The second kappa shape index (κ2) is 15.0. The summed E-state index contributed by atoms with van der Waals surface area (Å²) in [5, 5.41) is 9.56. The van der Waals surface area contributed by atoms with Gasteiger partial charge >= 0.3 is 0 Å². The van der Waals surface area contributed by atoms with Crippen LogP contribution in [0.1, 0.15) is 78.1 Å². The molecule has 0 spiro atoms.